The summed E-state index contributed by atoms with van der Waals surface area (Å²) in [5.74, 6) is 0. The monoisotopic (exact) mass is 265 g/mol. The summed E-state index contributed by atoms with van der Waals surface area (Å²) in [7, 11) is 0. The molecule has 1 atom stereocenters. The van der Waals surface area contributed by atoms with E-state index in [4.69, 9.17) is 11.6 Å². The van der Waals surface area contributed by atoms with E-state index in [-0.39, 0.29) is 0 Å². The lowest BCUT2D eigenvalue weighted by atomic mass is 10.0. The molecule has 3 nitrogen and oxygen atoms in total. The van der Waals surface area contributed by atoms with Crippen molar-refractivity contribution in [3.8, 4) is 0 Å². The zero-order valence-corrected chi connectivity index (χ0v) is 11.3. The topological polar surface area (TPSA) is 27.3 Å². The zero-order valence-electron chi connectivity index (χ0n) is 10.6. The number of nitrogens with one attached hydrogen (secondary N) is 2. The van der Waals surface area contributed by atoms with Crippen LogP contribution < -0.4 is 10.9 Å². The van der Waals surface area contributed by atoms with Crippen molar-refractivity contribution in [1.29, 1.82) is 0 Å². The van der Waals surface area contributed by atoms with Crippen molar-refractivity contribution in [2.75, 3.05) is 25.1 Å². The number of anilines is 1. The van der Waals surface area contributed by atoms with Gasteiger partial charge in [0.2, 0.25) is 0 Å². The van der Waals surface area contributed by atoms with Gasteiger partial charge in [-0.15, -0.1) is 0 Å². The standard InChI is InChI=1S/C14H20ClN3/c15-12-7-5-6-11-13(10-16-17-14(11)12)18-8-3-1-2-4-9-18/h5-7,13,16-17H,1-4,8-10H2. The van der Waals surface area contributed by atoms with Crippen LogP contribution in [-0.2, 0) is 0 Å². The van der Waals surface area contributed by atoms with Crippen LogP contribution in [0.15, 0.2) is 18.2 Å². The van der Waals surface area contributed by atoms with Crippen molar-refractivity contribution >= 4 is 17.3 Å². The van der Waals surface area contributed by atoms with Gasteiger partial charge in [-0.25, -0.2) is 5.43 Å². The summed E-state index contributed by atoms with van der Waals surface area (Å²) >= 11 is 6.26. The van der Waals surface area contributed by atoms with Crippen LogP contribution in [0, 0.1) is 0 Å². The molecule has 98 valence electrons. The van der Waals surface area contributed by atoms with E-state index in [1.54, 1.807) is 0 Å². The number of para-hydroxylation sites is 1. The maximum Gasteiger partial charge on any atom is 0.0722 e. The van der Waals surface area contributed by atoms with E-state index in [0.717, 1.165) is 17.3 Å². The highest BCUT2D eigenvalue weighted by atomic mass is 35.5. The van der Waals surface area contributed by atoms with Crippen LogP contribution in [0.4, 0.5) is 5.69 Å². The minimum Gasteiger partial charge on any atom is -0.320 e. The minimum absolute atomic E-state index is 0.457. The molecule has 0 radical (unpaired) electrons. The van der Waals surface area contributed by atoms with Gasteiger partial charge in [0.1, 0.15) is 0 Å². The molecule has 1 aromatic carbocycles. The summed E-state index contributed by atoms with van der Waals surface area (Å²) in [6.07, 6.45) is 5.38. The van der Waals surface area contributed by atoms with Gasteiger partial charge in [-0.1, -0.05) is 36.6 Å². The predicted molar refractivity (Wildman–Crippen MR) is 75.9 cm³/mol. The molecule has 1 saturated heterocycles. The fraction of sp³-hybridized carbons (Fsp3) is 0.571. The Labute approximate surface area is 113 Å². The lowest BCUT2D eigenvalue weighted by Crippen LogP contribution is -2.42. The lowest BCUT2D eigenvalue weighted by Gasteiger charge is -2.36. The first-order valence-electron chi connectivity index (χ1n) is 6.87. The highest BCUT2D eigenvalue weighted by Gasteiger charge is 2.27. The Morgan fingerprint density at radius 1 is 1.11 bits per heavy atom. The minimum atomic E-state index is 0.457. The van der Waals surface area contributed by atoms with Crippen LogP contribution in [0.3, 0.4) is 0 Å². The van der Waals surface area contributed by atoms with Gasteiger partial charge < -0.3 is 5.43 Å². The molecule has 2 N–H and O–H groups in total. The number of likely N-dealkylation sites (tertiary alicyclic amines) is 1. The van der Waals surface area contributed by atoms with Crippen molar-refractivity contribution in [1.82, 2.24) is 10.3 Å². The summed E-state index contributed by atoms with van der Waals surface area (Å²) in [6, 6.07) is 6.65. The van der Waals surface area contributed by atoms with Gasteiger partial charge >= 0.3 is 0 Å². The molecule has 1 fully saturated rings. The van der Waals surface area contributed by atoms with Crippen LogP contribution in [0.25, 0.3) is 0 Å². The third kappa shape index (κ3) is 2.35. The number of benzene rings is 1. The molecule has 0 saturated carbocycles. The lowest BCUT2D eigenvalue weighted by molar-refractivity contribution is 0.199. The van der Waals surface area contributed by atoms with Gasteiger partial charge in [0, 0.05) is 6.54 Å². The SMILES string of the molecule is Clc1cccc2c1NNCC2N1CCCCCC1. The second-order valence-electron chi connectivity index (χ2n) is 5.18. The maximum atomic E-state index is 6.26. The molecular formula is C14H20ClN3. The Kier molecular flexibility index (Phi) is 3.73. The van der Waals surface area contributed by atoms with Crippen molar-refractivity contribution in [3.05, 3.63) is 28.8 Å². The number of hydrazine groups is 1. The largest absolute Gasteiger partial charge is 0.320 e. The molecule has 2 aliphatic heterocycles. The molecule has 1 unspecified atom stereocenters. The molecule has 2 aliphatic rings. The number of rotatable bonds is 1. The van der Waals surface area contributed by atoms with Gasteiger partial charge in [-0.3, -0.25) is 4.90 Å². The van der Waals surface area contributed by atoms with E-state index >= 15 is 0 Å². The molecular weight excluding hydrogens is 246 g/mol. The number of hydrogen-bond acceptors (Lipinski definition) is 3. The van der Waals surface area contributed by atoms with E-state index < -0.39 is 0 Å². The van der Waals surface area contributed by atoms with Crippen molar-refractivity contribution in [3.63, 3.8) is 0 Å². The average Bonchev–Trinajstić information content (AvgIpc) is 2.67. The molecule has 0 spiro atoms. The summed E-state index contributed by atoms with van der Waals surface area (Å²) < 4.78 is 0. The average molecular weight is 266 g/mol. The fourth-order valence-electron chi connectivity index (χ4n) is 3.03. The zero-order chi connectivity index (χ0) is 12.4. The van der Waals surface area contributed by atoms with Crippen LogP contribution in [0.1, 0.15) is 37.3 Å². The van der Waals surface area contributed by atoms with Gasteiger partial charge in [0.15, 0.2) is 0 Å². The number of hydrogen-bond donors (Lipinski definition) is 2. The first-order chi connectivity index (χ1) is 8.86. The van der Waals surface area contributed by atoms with Crippen LogP contribution >= 0.6 is 11.6 Å². The normalized spacial score (nSPS) is 25.1. The molecule has 0 bridgehead atoms. The summed E-state index contributed by atoms with van der Waals surface area (Å²) in [5, 5.41) is 0.805. The van der Waals surface area contributed by atoms with E-state index in [9.17, 15) is 0 Å². The quantitative estimate of drug-likeness (QED) is 0.817. The third-order valence-corrected chi connectivity index (χ3v) is 4.31. The Morgan fingerprint density at radius 3 is 2.67 bits per heavy atom. The molecule has 18 heavy (non-hydrogen) atoms. The van der Waals surface area contributed by atoms with Gasteiger partial charge in [0.25, 0.3) is 0 Å². The Balaban J connectivity index is 1.88. The van der Waals surface area contributed by atoms with Crippen LogP contribution in [0.5, 0.6) is 0 Å². The molecule has 0 amide bonds. The van der Waals surface area contributed by atoms with Crippen molar-refractivity contribution in [2.45, 2.75) is 31.7 Å². The highest BCUT2D eigenvalue weighted by Crippen LogP contribution is 2.35. The van der Waals surface area contributed by atoms with E-state index in [1.807, 2.05) is 6.07 Å². The van der Waals surface area contributed by atoms with Gasteiger partial charge in [-0.2, -0.15) is 0 Å². The molecule has 0 aromatic heterocycles. The summed E-state index contributed by atoms with van der Waals surface area (Å²) in [5.41, 5.74) is 8.87. The maximum absolute atomic E-state index is 6.26. The van der Waals surface area contributed by atoms with Crippen molar-refractivity contribution < 1.29 is 0 Å². The van der Waals surface area contributed by atoms with E-state index in [1.165, 1.54) is 44.3 Å². The first-order valence-corrected chi connectivity index (χ1v) is 7.25. The Hall–Kier alpha value is -0.770. The van der Waals surface area contributed by atoms with Gasteiger partial charge in [0.05, 0.1) is 16.8 Å². The molecule has 3 rings (SSSR count). The van der Waals surface area contributed by atoms with Crippen molar-refractivity contribution in [2.24, 2.45) is 0 Å². The second-order valence-corrected chi connectivity index (χ2v) is 5.58. The van der Waals surface area contributed by atoms with Gasteiger partial charge in [-0.05, 0) is 37.6 Å². The summed E-state index contributed by atoms with van der Waals surface area (Å²) in [6.45, 7) is 3.37. The first kappa shape index (κ1) is 12.3. The Morgan fingerprint density at radius 2 is 1.89 bits per heavy atom. The number of nitrogens with zero attached hydrogens (tertiary/aromatic N) is 1. The number of fused-ring (bicyclic) bond motifs is 1. The molecule has 0 aliphatic carbocycles. The van der Waals surface area contributed by atoms with E-state index in [2.05, 4.69) is 27.9 Å². The smallest absolute Gasteiger partial charge is 0.0722 e. The second kappa shape index (κ2) is 5.47. The summed E-state index contributed by atoms with van der Waals surface area (Å²) in [4.78, 5) is 2.61. The van der Waals surface area contributed by atoms with E-state index in [0.29, 0.717) is 6.04 Å². The highest BCUT2D eigenvalue weighted by molar-refractivity contribution is 6.33. The molecule has 2 heterocycles. The van der Waals surface area contributed by atoms with Crippen LogP contribution in [0.2, 0.25) is 5.02 Å². The Bertz CT molecular complexity index is 414. The molecule has 4 heteroatoms. The van der Waals surface area contributed by atoms with Crippen LogP contribution in [-0.4, -0.2) is 24.5 Å². The predicted octanol–water partition coefficient (Wildman–Crippen LogP) is 3.19. The number of halogens is 1. The fourth-order valence-corrected chi connectivity index (χ4v) is 3.26. The third-order valence-electron chi connectivity index (χ3n) is 4.00. The molecule has 1 aromatic rings.